The number of nitro benzene ring substituents is 2. The van der Waals surface area contributed by atoms with Crippen LogP contribution in [0.25, 0.3) is 0 Å². The second-order valence-corrected chi connectivity index (χ2v) is 6.46. The number of carbonyl (C=O) groups is 1. The third-order valence-electron chi connectivity index (χ3n) is 2.98. The number of nitrogens with zero attached hydrogens (tertiary/aromatic N) is 2. The van der Waals surface area contributed by atoms with Gasteiger partial charge >= 0.3 is 5.69 Å². The molecule has 0 aliphatic carbocycles. The molecule has 1 N–H and O–H groups in total. The summed E-state index contributed by atoms with van der Waals surface area (Å²) in [6.45, 7) is -0.639. The lowest BCUT2D eigenvalue weighted by molar-refractivity contribution is -0.385. The molecular formula is C14H8Br2FN3O6. The molecule has 0 atom stereocenters. The van der Waals surface area contributed by atoms with E-state index in [-0.39, 0.29) is 20.3 Å². The van der Waals surface area contributed by atoms with E-state index in [0.29, 0.717) is 0 Å². The highest BCUT2D eigenvalue weighted by molar-refractivity contribution is 9.11. The maximum absolute atomic E-state index is 13.2. The van der Waals surface area contributed by atoms with Gasteiger partial charge < -0.3 is 10.1 Å². The van der Waals surface area contributed by atoms with Gasteiger partial charge in [-0.15, -0.1) is 0 Å². The smallest absolute Gasteiger partial charge is 0.311 e. The average molecular weight is 493 g/mol. The van der Waals surface area contributed by atoms with Crippen LogP contribution in [0, 0.1) is 26.0 Å². The minimum atomic E-state index is -0.768. The summed E-state index contributed by atoms with van der Waals surface area (Å²) in [6.07, 6.45) is 0. The molecule has 1 amide bonds. The highest BCUT2D eigenvalue weighted by atomic mass is 79.9. The van der Waals surface area contributed by atoms with Gasteiger partial charge in [0.05, 0.1) is 15.5 Å². The first-order valence-corrected chi connectivity index (χ1v) is 8.27. The molecule has 0 bridgehead atoms. The molecule has 0 saturated carbocycles. The Morgan fingerprint density at radius 3 is 2.27 bits per heavy atom. The molecule has 26 heavy (non-hydrogen) atoms. The zero-order valence-corrected chi connectivity index (χ0v) is 15.7. The minimum absolute atomic E-state index is 0.201. The number of nitro groups is 2. The Morgan fingerprint density at radius 1 is 1.12 bits per heavy atom. The third-order valence-corrected chi connectivity index (χ3v) is 4.23. The van der Waals surface area contributed by atoms with Crippen LogP contribution in [0.2, 0.25) is 0 Å². The summed E-state index contributed by atoms with van der Waals surface area (Å²) >= 11 is 6.20. The normalized spacial score (nSPS) is 10.3. The second-order valence-electron chi connectivity index (χ2n) is 4.75. The van der Waals surface area contributed by atoms with Crippen LogP contribution in [0.4, 0.5) is 21.5 Å². The lowest BCUT2D eigenvalue weighted by atomic mass is 10.3. The molecule has 2 aromatic carbocycles. The van der Waals surface area contributed by atoms with Crippen molar-refractivity contribution in [3.8, 4) is 5.75 Å². The van der Waals surface area contributed by atoms with E-state index < -0.39 is 39.6 Å². The van der Waals surface area contributed by atoms with Crippen molar-refractivity contribution in [2.75, 3.05) is 11.9 Å². The van der Waals surface area contributed by atoms with E-state index >= 15 is 0 Å². The van der Waals surface area contributed by atoms with E-state index in [0.717, 1.165) is 18.2 Å². The maximum Gasteiger partial charge on any atom is 0.311 e. The molecule has 0 saturated heterocycles. The van der Waals surface area contributed by atoms with Gasteiger partial charge in [0.1, 0.15) is 5.82 Å². The van der Waals surface area contributed by atoms with Crippen LogP contribution in [0.5, 0.6) is 5.75 Å². The minimum Gasteiger partial charge on any atom is -0.477 e. The van der Waals surface area contributed by atoms with Crippen LogP contribution in [-0.4, -0.2) is 22.4 Å². The molecule has 0 aliphatic rings. The van der Waals surface area contributed by atoms with Gasteiger partial charge in [-0.1, -0.05) is 0 Å². The molecule has 9 nitrogen and oxygen atoms in total. The first kappa shape index (κ1) is 19.7. The van der Waals surface area contributed by atoms with Crippen molar-refractivity contribution in [1.29, 1.82) is 0 Å². The first-order valence-electron chi connectivity index (χ1n) is 6.69. The predicted molar refractivity (Wildman–Crippen MR) is 95.7 cm³/mol. The van der Waals surface area contributed by atoms with E-state index in [2.05, 4.69) is 37.2 Å². The number of rotatable bonds is 6. The van der Waals surface area contributed by atoms with Crippen LogP contribution in [0.15, 0.2) is 39.3 Å². The molecule has 0 fully saturated rings. The van der Waals surface area contributed by atoms with E-state index in [1.165, 1.54) is 12.1 Å². The Bertz CT molecular complexity index is 885. The van der Waals surface area contributed by atoms with Crippen molar-refractivity contribution in [3.05, 3.63) is 65.3 Å². The molecule has 0 radical (unpaired) electrons. The number of nitrogens with one attached hydrogen (secondary N) is 1. The molecule has 2 aromatic rings. The number of hydrogen-bond donors (Lipinski definition) is 1. The topological polar surface area (TPSA) is 125 Å². The number of hydrogen-bond acceptors (Lipinski definition) is 6. The van der Waals surface area contributed by atoms with E-state index in [1.807, 2.05) is 0 Å². The van der Waals surface area contributed by atoms with Crippen LogP contribution >= 0.6 is 31.9 Å². The van der Waals surface area contributed by atoms with Gasteiger partial charge in [0.15, 0.2) is 6.61 Å². The fourth-order valence-corrected chi connectivity index (χ4v) is 3.22. The van der Waals surface area contributed by atoms with Crippen molar-refractivity contribution < 1.29 is 23.8 Å². The van der Waals surface area contributed by atoms with Gasteiger partial charge in [0.25, 0.3) is 11.6 Å². The molecule has 0 spiro atoms. The summed E-state index contributed by atoms with van der Waals surface area (Å²) in [5.74, 6) is -1.86. The standard InChI is InChI=1S/C14H8Br2FN3O6/c15-9-4-8(19(22)23)5-10(16)14(9)18-13(21)6-26-12-3-7(17)1-2-11(12)20(24)25/h1-5H,6H2,(H,18,21). The van der Waals surface area contributed by atoms with Gasteiger partial charge in [-0.25, -0.2) is 4.39 Å². The Labute approximate surface area is 161 Å². The molecule has 0 aromatic heterocycles. The molecule has 0 aliphatic heterocycles. The van der Waals surface area contributed by atoms with Crippen molar-refractivity contribution >= 4 is 54.8 Å². The molecule has 0 heterocycles. The Kier molecular flexibility index (Phi) is 6.21. The van der Waals surface area contributed by atoms with Crippen LogP contribution in [0.3, 0.4) is 0 Å². The zero-order valence-electron chi connectivity index (χ0n) is 12.6. The maximum atomic E-state index is 13.2. The summed E-state index contributed by atoms with van der Waals surface area (Å²) in [7, 11) is 0. The number of benzene rings is 2. The fraction of sp³-hybridized carbons (Fsp3) is 0.0714. The Balaban J connectivity index is 2.12. The second kappa shape index (κ2) is 8.19. The van der Waals surface area contributed by atoms with E-state index in [1.54, 1.807) is 0 Å². The summed E-state index contributed by atoms with van der Waals surface area (Å²) in [5, 5.41) is 24.1. The number of carbonyl (C=O) groups excluding carboxylic acids is 1. The van der Waals surface area contributed by atoms with E-state index in [4.69, 9.17) is 4.74 Å². The lowest BCUT2D eigenvalue weighted by Crippen LogP contribution is -2.21. The molecule has 0 unspecified atom stereocenters. The number of non-ortho nitro benzene ring substituents is 1. The number of amides is 1. The lowest BCUT2D eigenvalue weighted by Gasteiger charge is -2.11. The molecule has 2 rings (SSSR count). The van der Waals surface area contributed by atoms with Crippen molar-refractivity contribution in [2.45, 2.75) is 0 Å². The molecule has 12 heteroatoms. The van der Waals surface area contributed by atoms with Gasteiger partial charge in [0.2, 0.25) is 5.75 Å². The first-order chi connectivity index (χ1) is 12.2. The van der Waals surface area contributed by atoms with Crippen LogP contribution < -0.4 is 10.1 Å². The van der Waals surface area contributed by atoms with Gasteiger partial charge in [0, 0.05) is 33.2 Å². The van der Waals surface area contributed by atoms with Crippen molar-refractivity contribution in [1.82, 2.24) is 0 Å². The SMILES string of the molecule is O=C(COc1cc(F)ccc1[N+](=O)[O-])Nc1c(Br)cc([N+](=O)[O-])cc1Br. The highest BCUT2D eigenvalue weighted by Gasteiger charge is 2.19. The summed E-state index contributed by atoms with van der Waals surface area (Å²) in [4.78, 5) is 32.3. The van der Waals surface area contributed by atoms with Crippen LogP contribution in [0.1, 0.15) is 0 Å². The van der Waals surface area contributed by atoms with Gasteiger partial charge in [-0.3, -0.25) is 25.0 Å². The summed E-state index contributed by atoms with van der Waals surface area (Å²) < 4.78 is 18.7. The average Bonchev–Trinajstić information content (AvgIpc) is 2.55. The monoisotopic (exact) mass is 491 g/mol. The molecular weight excluding hydrogens is 485 g/mol. The molecule has 136 valence electrons. The Morgan fingerprint density at radius 2 is 1.73 bits per heavy atom. The van der Waals surface area contributed by atoms with Gasteiger partial charge in [-0.05, 0) is 37.9 Å². The summed E-state index contributed by atoms with van der Waals surface area (Å²) in [6, 6.07) is 5.00. The van der Waals surface area contributed by atoms with Crippen LogP contribution in [-0.2, 0) is 4.79 Å². The fourth-order valence-electron chi connectivity index (χ4n) is 1.86. The van der Waals surface area contributed by atoms with Crippen molar-refractivity contribution in [3.63, 3.8) is 0 Å². The van der Waals surface area contributed by atoms with Crippen molar-refractivity contribution in [2.24, 2.45) is 0 Å². The highest BCUT2D eigenvalue weighted by Crippen LogP contribution is 2.35. The van der Waals surface area contributed by atoms with E-state index in [9.17, 15) is 29.4 Å². The predicted octanol–water partition coefficient (Wildman–Crippen LogP) is 4.18. The summed E-state index contributed by atoms with van der Waals surface area (Å²) in [5.41, 5.74) is -0.483. The number of anilines is 1. The quantitative estimate of drug-likeness (QED) is 0.476. The van der Waals surface area contributed by atoms with Gasteiger partial charge in [-0.2, -0.15) is 0 Å². The number of ether oxygens (including phenoxy) is 1. The number of halogens is 3. The third kappa shape index (κ3) is 4.73. The largest absolute Gasteiger partial charge is 0.477 e. The zero-order chi connectivity index (χ0) is 19.4. The Hall–Kier alpha value is -2.60.